The number of aliphatic hydroxyl groups excluding tert-OH is 2. The monoisotopic (exact) mass is 218 g/mol. The van der Waals surface area contributed by atoms with Crippen LogP contribution in [0.3, 0.4) is 0 Å². The minimum Gasteiger partial charge on any atom is -0.481 e. The lowest BCUT2D eigenvalue weighted by Crippen LogP contribution is -2.18. The van der Waals surface area contributed by atoms with Gasteiger partial charge in [-0.1, -0.05) is 0 Å². The van der Waals surface area contributed by atoms with E-state index < -0.39 is 11.9 Å². The summed E-state index contributed by atoms with van der Waals surface area (Å²) in [6.07, 6.45) is 1.32. The first-order chi connectivity index (χ1) is 7.07. The molecule has 0 aliphatic rings. The van der Waals surface area contributed by atoms with Crippen LogP contribution in [0.15, 0.2) is 12.5 Å². The molecule has 0 amide bonds. The second kappa shape index (κ2) is 8.11. The highest BCUT2D eigenvalue weighted by Crippen LogP contribution is 1.99. The van der Waals surface area contributed by atoms with Crippen molar-refractivity contribution in [2.24, 2.45) is 5.92 Å². The minimum atomic E-state index is -0.474. The molecule has 0 fully saturated rings. The lowest BCUT2D eigenvalue weighted by atomic mass is 10.2. The summed E-state index contributed by atoms with van der Waals surface area (Å²) in [5.74, 6) is -1.18. The van der Waals surface area contributed by atoms with Gasteiger partial charge >= 0.3 is 5.97 Å². The number of hydrogen-bond acceptors (Lipinski definition) is 5. The van der Waals surface area contributed by atoms with E-state index in [-0.39, 0.29) is 12.6 Å². The highest BCUT2D eigenvalue weighted by Gasteiger charge is 2.12. The average Bonchev–Trinajstić information content (AvgIpc) is 2.21. The van der Waals surface area contributed by atoms with E-state index in [0.717, 1.165) is 0 Å². The largest absolute Gasteiger partial charge is 0.481 e. The van der Waals surface area contributed by atoms with Crippen LogP contribution in [0.25, 0.3) is 0 Å². The summed E-state index contributed by atoms with van der Waals surface area (Å²) in [5.41, 5.74) is 0. The third-order valence-corrected chi connectivity index (χ3v) is 1.73. The Kier molecular flexibility index (Phi) is 7.44. The maximum Gasteiger partial charge on any atom is 0.310 e. The first-order valence-corrected chi connectivity index (χ1v) is 4.86. The molecule has 0 rings (SSSR count). The molecule has 0 spiro atoms. The molecule has 88 valence electrons. The van der Waals surface area contributed by atoms with Crippen molar-refractivity contribution in [1.29, 1.82) is 0 Å². The molecule has 0 aliphatic carbocycles. The van der Waals surface area contributed by atoms with Crippen molar-refractivity contribution in [2.45, 2.75) is 19.8 Å². The molecule has 0 saturated carbocycles. The van der Waals surface area contributed by atoms with Crippen molar-refractivity contribution < 1.29 is 24.5 Å². The summed E-state index contributed by atoms with van der Waals surface area (Å²) in [6.45, 7) is 5.20. The fraction of sp³-hybridized carbons (Fsp3) is 0.700. The first kappa shape index (κ1) is 13.8. The van der Waals surface area contributed by atoms with Gasteiger partial charge < -0.3 is 19.7 Å². The van der Waals surface area contributed by atoms with Gasteiger partial charge in [0.15, 0.2) is 0 Å². The average molecular weight is 218 g/mol. The van der Waals surface area contributed by atoms with Gasteiger partial charge in [-0.3, -0.25) is 4.79 Å². The summed E-state index contributed by atoms with van der Waals surface area (Å²) in [4.78, 5) is 11.0. The molecular weight excluding hydrogens is 200 g/mol. The van der Waals surface area contributed by atoms with Gasteiger partial charge in [0.1, 0.15) is 0 Å². The lowest BCUT2D eigenvalue weighted by molar-refractivity contribution is -0.149. The molecule has 0 heterocycles. The summed E-state index contributed by atoms with van der Waals surface area (Å²) < 4.78 is 9.56. The number of rotatable bonds is 8. The summed E-state index contributed by atoms with van der Waals surface area (Å²) >= 11 is 0. The van der Waals surface area contributed by atoms with E-state index in [1.54, 1.807) is 6.92 Å². The van der Waals surface area contributed by atoms with Gasteiger partial charge in [-0.2, -0.15) is 0 Å². The smallest absolute Gasteiger partial charge is 0.310 e. The molecule has 0 bridgehead atoms. The van der Waals surface area contributed by atoms with Gasteiger partial charge in [-0.15, -0.1) is 0 Å². The summed E-state index contributed by atoms with van der Waals surface area (Å²) in [5, 5.41) is 17.2. The first-order valence-electron chi connectivity index (χ1n) is 4.86. The maximum absolute atomic E-state index is 11.0. The zero-order chi connectivity index (χ0) is 11.7. The van der Waals surface area contributed by atoms with Crippen molar-refractivity contribution in [3.63, 3.8) is 0 Å². The van der Waals surface area contributed by atoms with Gasteiger partial charge in [-0.05, 0) is 26.3 Å². The number of carbonyl (C=O) groups is 1. The van der Waals surface area contributed by atoms with Crippen LogP contribution in [-0.4, -0.2) is 36.0 Å². The predicted octanol–water partition coefficient (Wildman–Crippen LogP) is 0.984. The van der Waals surface area contributed by atoms with Crippen molar-refractivity contribution >= 4 is 5.97 Å². The molecule has 1 unspecified atom stereocenters. The van der Waals surface area contributed by atoms with E-state index in [1.807, 2.05) is 0 Å². The Labute approximate surface area is 89.3 Å². The number of ether oxygens (including phenoxy) is 2. The Hall–Kier alpha value is -1.23. The van der Waals surface area contributed by atoms with Crippen LogP contribution in [0.4, 0.5) is 0 Å². The Bertz CT molecular complexity index is 202. The lowest BCUT2D eigenvalue weighted by Gasteiger charge is -2.08. The number of unbranched alkanes of at least 4 members (excludes halogenated alkanes) is 1. The Balaban J connectivity index is 3.31. The molecular formula is C10H18O5. The molecule has 0 aromatic heterocycles. The molecule has 0 aliphatic heterocycles. The highest BCUT2D eigenvalue weighted by molar-refractivity contribution is 5.72. The topological polar surface area (TPSA) is 76.0 Å². The third kappa shape index (κ3) is 7.81. The summed E-state index contributed by atoms with van der Waals surface area (Å²) in [7, 11) is 0. The SMILES string of the molecule is C=C(O)OCCCCOC(=O)C(C)CO. The van der Waals surface area contributed by atoms with E-state index in [0.29, 0.717) is 26.1 Å². The van der Waals surface area contributed by atoms with Gasteiger partial charge in [0.2, 0.25) is 0 Å². The Morgan fingerprint density at radius 2 is 1.87 bits per heavy atom. The van der Waals surface area contributed by atoms with Crippen molar-refractivity contribution in [2.75, 3.05) is 19.8 Å². The molecule has 1 atom stereocenters. The van der Waals surface area contributed by atoms with Crippen LogP contribution in [0.2, 0.25) is 0 Å². The van der Waals surface area contributed by atoms with Crippen molar-refractivity contribution in [3.8, 4) is 0 Å². The second-order valence-corrected chi connectivity index (χ2v) is 3.20. The second-order valence-electron chi connectivity index (χ2n) is 3.20. The predicted molar refractivity (Wildman–Crippen MR) is 54.2 cm³/mol. The van der Waals surface area contributed by atoms with Gasteiger partial charge in [0.05, 0.1) is 25.7 Å². The van der Waals surface area contributed by atoms with Crippen LogP contribution in [0.5, 0.6) is 0 Å². The molecule has 15 heavy (non-hydrogen) atoms. The number of aliphatic hydroxyl groups is 2. The van der Waals surface area contributed by atoms with Crippen LogP contribution in [0.1, 0.15) is 19.8 Å². The maximum atomic E-state index is 11.0. The Morgan fingerprint density at radius 3 is 2.33 bits per heavy atom. The minimum absolute atomic E-state index is 0.202. The van der Waals surface area contributed by atoms with E-state index >= 15 is 0 Å². The molecule has 5 heteroatoms. The molecule has 2 N–H and O–H groups in total. The van der Waals surface area contributed by atoms with E-state index in [2.05, 4.69) is 6.58 Å². The van der Waals surface area contributed by atoms with Gasteiger partial charge in [0, 0.05) is 0 Å². The molecule has 0 aromatic rings. The molecule has 0 saturated heterocycles. The van der Waals surface area contributed by atoms with Crippen LogP contribution in [0, 0.1) is 5.92 Å². The van der Waals surface area contributed by atoms with Crippen LogP contribution < -0.4 is 0 Å². The van der Waals surface area contributed by atoms with E-state index in [1.165, 1.54) is 0 Å². The molecule has 0 aromatic carbocycles. The highest BCUT2D eigenvalue weighted by atomic mass is 16.6. The third-order valence-electron chi connectivity index (χ3n) is 1.73. The zero-order valence-electron chi connectivity index (χ0n) is 8.94. The fourth-order valence-electron chi connectivity index (χ4n) is 0.784. The standard InChI is InChI=1S/C10H18O5/c1-8(7-11)10(13)15-6-4-3-5-14-9(2)12/h8,11-12H,2-7H2,1H3. The normalized spacial score (nSPS) is 11.9. The fourth-order valence-corrected chi connectivity index (χ4v) is 0.784. The number of esters is 1. The number of hydrogen-bond donors (Lipinski definition) is 2. The summed E-state index contributed by atoms with van der Waals surface area (Å²) in [6, 6.07) is 0. The van der Waals surface area contributed by atoms with Crippen LogP contribution >= 0.6 is 0 Å². The molecule has 5 nitrogen and oxygen atoms in total. The van der Waals surface area contributed by atoms with Crippen molar-refractivity contribution in [3.05, 3.63) is 12.5 Å². The van der Waals surface area contributed by atoms with Crippen LogP contribution in [-0.2, 0) is 14.3 Å². The Morgan fingerprint density at radius 1 is 1.33 bits per heavy atom. The van der Waals surface area contributed by atoms with E-state index in [4.69, 9.17) is 19.7 Å². The quantitative estimate of drug-likeness (QED) is 0.361. The van der Waals surface area contributed by atoms with Crippen molar-refractivity contribution in [1.82, 2.24) is 0 Å². The number of carbonyl (C=O) groups excluding carboxylic acids is 1. The van der Waals surface area contributed by atoms with E-state index in [9.17, 15) is 4.79 Å². The van der Waals surface area contributed by atoms with Gasteiger partial charge in [0.25, 0.3) is 5.95 Å². The van der Waals surface area contributed by atoms with Gasteiger partial charge in [-0.25, -0.2) is 0 Å². The molecule has 0 radical (unpaired) electrons. The zero-order valence-corrected chi connectivity index (χ0v) is 8.94.